The molecule has 0 aliphatic rings. The molecule has 0 saturated heterocycles. The van der Waals surface area contributed by atoms with Crippen molar-refractivity contribution >= 4 is 60.5 Å². The lowest BCUT2D eigenvalue weighted by Gasteiger charge is -2.08. The number of carbonyl (C=O) groups is 1. The summed E-state index contributed by atoms with van der Waals surface area (Å²) in [5.74, 6) is -0.518. The molecule has 12 heteroatoms. The first-order valence-electron chi connectivity index (χ1n) is 9.93. The molecule has 1 heterocycles. The van der Waals surface area contributed by atoms with Gasteiger partial charge >= 0.3 is 0 Å². The molecule has 0 unspecified atom stereocenters. The third-order valence-electron chi connectivity index (χ3n) is 4.90. The molecule has 0 atom stereocenters. The van der Waals surface area contributed by atoms with Gasteiger partial charge in [0.2, 0.25) is 0 Å². The van der Waals surface area contributed by atoms with E-state index in [-0.39, 0.29) is 21.8 Å². The number of fused-ring (bicyclic) bond motifs is 1. The number of aryl methyl sites for hydroxylation is 1. The summed E-state index contributed by atoms with van der Waals surface area (Å²) in [6.07, 6.45) is 0. The summed E-state index contributed by atoms with van der Waals surface area (Å²) in [6.45, 7) is 2.41. The first-order chi connectivity index (χ1) is 16.2. The highest BCUT2D eigenvalue weighted by Gasteiger charge is 2.15. The summed E-state index contributed by atoms with van der Waals surface area (Å²) >= 11 is 6.99. The monoisotopic (exact) mass is 516 g/mol. The second-order valence-corrected chi connectivity index (χ2v) is 10.2. The van der Waals surface area contributed by atoms with Crippen LogP contribution in [-0.4, -0.2) is 23.8 Å². The number of benzene rings is 3. The molecule has 0 bridgehead atoms. The maximum absolute atomic E-state index is 12.8. The lowest BCUT2D eigenvalue weighted by molar-refractivity contribution is -0.384. The van der Waals surface area contributed by atoms with Gasteiger partial charge in [-0.15, -0.1) is 0 Å². The van der Waals surface area contributed by atoms with Gasteiger partial charge in [0.1, 0.15) is 0 Å². The van der Waals surface area contributed by atoms with Crippen molar-refractivity contribution in [3.05, 3.63) is 92.2 Å². The van der Waals surface area contributed by atoms with Crippen molar-refractivity contribution in [3.8, 4) is 0 Å². The van der Waals surface area contributed by atoms with Crippen molar-refractivity contribution in [1.82, 2.24) is 4.57 Å². The van der Waals surface area contributed by atoms with Crippen LogP contribution in [0.2, 0.25) is 5.02 Å². The van der Waals surface area contributed by atoms with Crippen LogP contribution in [0, 0.1) is 10.1 Å². The number of hydrogen-bond donors (Lipinski definition) is 1. The van der Waals surface area contributed by atoms with E-state index in [1.165, 1.54) is 72.0 Å². The highest BCUT2D eigenvalue weighted by molar-refractivity contribution is 7.92. The van der Waals surface area contributed by atoms with Gasteiger partial charge in [-0.3, -0.25) is 19.6 Å². The van der Waals surface area contributed by atoms with Gasteiger partial charge in [-0.05, 0) is 61.5 Å². The van der Waals surface area contributed by atoms with E-state index in [4.69, 9.17) is 11.6 Å². The predicted molar refractivity (Wildman–Crippen MR) is 131 cm³/mol. The number of aromatic nitrogens is 1. The first-order valence-corrected chi connectivity index (χ1v) is 12.6. The topological polar surface area (TPSA) is 124 Å². The summed E-state index contributed by atoms with van der Waals surface area (Å²) in [5.41, 5.74) is 1.26. The van der Waals surface area contributed by atoms with Gasteiger partial charge in [0.15, 0.2) is 4.80 Å². The van der Waals surface area contributed by atoms with Crippen molar-refractivity contribution in [1.29, 1.82) is 0 Å². The van der Waals surface area contributed by atoms with Crippen LogP contribution in [0.5, 0.6) is 0 Å². The Morgan fingerprint density at radius 3 is 2.41 bits per heavy atom. The SMILES string of the molecule is CCn1c(=NC(=O)c2ccc(NS(=O)(=O)c3ccc(Cl)cc3)cc2)sc2cc([N+](=O)[O-])ccc21. The number of nitro benzene ring substituents is 1. The Hall–Kier alpha value is -3.54. The van der Waals surface area contributed by atoms with E-state index in [2.05, 4.69) is 9.71 Å². The largest absolute Gasteiger partial charge is 0.317 e. The Balaban J connectivity index is 1.60. The first kappa shape index (κ1) is 23.6. The van der Waals surface area contributed by atoms with Crippen LogP contribution in [-0.2, 0) is 16.6 Å². The molecule has 4 aromatic rings. The molecular formula is C22H17ClN4O5S2. The molecular weight excluding hydrogens is 500 g/mol. The van der Waals surface area contributed by atoms with E-state index >= 15 is 0 Å². The van der Waals surface area contributed by atoms with E-state index in [1.807, 2.05) is 6.92 Å². The highest BCUT2D eigenvalue weighted by Crippen LogP contribution is 2.23. The maximum atomic E-state index is 12.8. The number of sulfonamides is 1. The highest BCUT2D eigenvalue weighted by atomic mass is 35.5. The normalized spacial score (nSPS) is 12.1. The van der Waals surface area contributed by atoms with Gasteiger partial charge < -0.3 is 4.57 Å². The van der Waals surface area contributed by atoms with Gasteiger partial charge in [-0.25, -0.2) is 8.42 Å². The van der Waals surface area contributed by atoms with Crippen LogP contribution in [0.4, 0.5) is 11.4 Å². The third-order valence-corrected chi connectivity index (χ3v) is 7.59. The number of anilines is 1. The maximum Gasteiger partial charge on any atom is 0.279 e. The summed E-state index contributed by atoms with van der Waals surface area (Å²) < 4.78 is 29.9. The van der Waals surface area contributed by atoms with E-state index in [0.29, 0.717) is 21.1 Å². The molecule has 1 amide bonds. The summed E-state index contributed by atoms with van der Waals surface area (Å²) in [5, 5.41) is 11.5. The van der Waals surface area contributed by atoms with Crippen LogP contribution in [0.25, 0.3) is 10.2 Å². The number of halogens is 1. The fourth-order valence-corrected chi connectivity index (χ4v) is 5.54. The Morgan fingerprint density at radius 2 is 1.79 bits per heavy atom. The van der Waals surface area contributed by atoms with Crippen molar-refractivity contribution in [3.63, 3.8) is 0 Å². The van der Waals surface area contributed by atoms with Crippen LogP contribution in [0.1, 0.15) is 17.3 Å². The van der Waals surface area contributed by atoms with Gasteiger partial charge in [-0.2, -0.15) is 4.99 Å². The molecule has 0 spiro atoms. The molecule has 34 heavy (non-hydrogen) atoms. The molecule has 0 saturated carbocycles. The third kappa shape index (κ3) is 4.86. The zero-order chi connectivity index (χ0) is 24.5. The average molecular weight is 517 g/mol. The number of non-ortho nitro benzene ring substituents is 1. The van der Waals surface area contributed by atoms with Gasteiger partial charge in [0.25, 0.3) is 21.6 Å². The average Bonchev–Trinajstić information content (AvgIpc) is 3.15. The molecule has 4 rings (SSSR count). The van der Waals surface area contributed by atoms with E-state index in [0.717, 1.165) is 5.52 Å². The van der Waals surface area contributed by atoms with E-state index in [9.17, 15) is 23.3 Å². The fourth-order valence-electron chi connectivity index (χ4n) is 3.23. The predicted octanol–water partition coefficient (Wildman–Crippen LogP) is 4.83. The number of nitro groups is 1. The number of rotatable bonds is 6. The lowest BCUT2D eigenvalue weighted by atomic mass is 10.2. The van der Waals surface area contributed by atoms with Gasteiger partial charge in [0.05, 0.1) is 20.0 Å². The van der Waals surface area contributed by atoms with Crippen molar-refractivity contribution < 1.29 is 18.1 Å². The lowest BCUT2D eigenvalue weighted by Crippen LogP contribution is -2.16. The van der Waals surface area contributed by atoms with Crippen LogP contribution in [0.15, 0.2) is 76.6 Å². The molecule has 3 aromatic carbocycles. The number of carbonyl (C=O) groups excluding carboxylic acids is 1. The Labute approximate surface area is 203 Å². The molecule has 1 N–H and O–H groups in total. The smallest absolute Gasteiger partial charge is 0.279 e. The fraction of sp³-hybridized carbons (Fsp3) is 0.0909. The number of amides is 1. The Bertz CT molecular complexity index is 1570. The summed E-state index contributed by atoms with van der Waals surface area (Å²) in [7, 11) is -3.81. The standard InChI is InChI=1S/C22H17ClN4O5S2/c1-2-26-19-12-9-17(27(29)30)13-20(19)33-22(26)24-21(28)14-3-7-16(8-4-14)25-34(31,32)18-10-5-15(23)6-11-18/h3-13,25H,2H2,1H3. The van der Waals surface area contributed by atoms with Crippen molar-refractivity contribution in [2.75, 3.05) is 4.72 Å². The van der Waals surface area contributed by atoms with Gasteiger partial charge in [-0.1, -0.05) is 22.9 Å². The van der Waals surface area contributed by atoms with Crippen LogP contribution >= 0.6 is 22.9 Å². The molecule has 0 aliphatic heterocycles. The Kier molecular flexibility index (Phi) is 6.51. The minimum absolute atomic E-state index is 0.0356. The molecule has 0 radical (unpaired) electrons. The summed E-state index contributed by atoms with van der Waals surface area (Å²) in [4.78, 5) is 28.0. The zero-order valence-corrected chi connectivity index (χ0v) is 20.0. The quantitative estimate of drug-likeness (QED) is 0.290. The summed E-state index contributed by atoms with van der Waals surface area (Å²) in [6, 6.07) is 16.1. The van der Waals surface area contributed by atoms with Crippen molar-refractivity contribution in [2.45, 2.75) is 18.4 Å². The van der Waals surface area contributed by atoms with Crippen molar-refractivity contribution in [2.24, 2.45) is 4.99 Å². The van der Waals surface area contributed by atoms with Crippen LogP contribution < -0.4 is 9.52 Å². The number of nitrogens with zero attached hydrogens (tertiary/aromatic N) is 3. The molecule has 174 valence electrons. The Morgan fingerprint density at radius 1 is 1.12 bits per heavy atom. The molecule has 0 aliphatic carbocycles. The second-order valence-electron chi connectivity index (χ2n) is 7.09. The number of hydrogen-bond acceptors (Lipinski definition) is 6. The van der Waals surface area contributed by atoms with E-state index < -0.39 is 20.9 Å². The molecule has 9 nitrogen and oxygen atoms in total. The second kappa shape index (κ2) is 9.37. The number of nitrogens with one attached hydrogen (secondary N) is 1. The van der Waals surface area contributed by atoms with E-state index in [1.54, 1.807) is 10.6 Å². The molecule has 1 aromatic heterocycles. The molecule has 0 fully saturated rings. The minimum atomic E-state index is -3.81. The van der Waals surface area contributed by atoms with Crippen LogP contribution in [0.3, 0.4) is 0 Å². The van der Waals surface area contributed by atoms with Gasteiger partial charge in [0, 0.05) is 35.0 Å². The minimum Gasteiger partial charge on any atom is -0.317 e. The number of thiazole rings is 1. The zero-order valence-electron chi connectivity index (χ0n) is 17.6.